The van der Waals surface area contributed by atoms with Gasteiger partial charge in [0.2, 0.25) is 5.91 Å². The van der Waals surface area contributed by atoms with E-state index in [4.69, 9.17) is 0 Å². The molecule has 0 bridgehead atoms. The maximum Gasteiger partial charge on any atom is 0.261 e. The highest BCUT2D eigenvalue weighted by Gasteiger charge is 2.14. The van der Waals surface area contributed by atoms with E-state index >= 15 is 0 Å². The Morgan fingerprint density at radius 1 is 0.917 bits per heavy atom. The molecule has 0 aromatic heterocycles. The van der Waals surface area contributed by atoms with Crippen molar-refractivity contribution in [3.8, 4) is 0 Å². The maximum absolute atomic E-state index is 12.4. The van der Waals surface area contributed by atoms with Crippen LogP contribution in [0.15, 0.2) is 53.4 Å². The zero-order chi connectivity index (χ0) is 17.6. The Kier molecular flexibility index (Phi) is 5.81. The minimum Gasteiger partial charge on any atom is -0.385 e. The van der Waals surface area contributed by atoms with Crippen molar-refractivity contribution < 1.29 is 13.2 Å². The van der Waals surface area contributed by atoms with Crippen molar-refractivity contribution in [3.63, 3.8) is 0 Å². The maximum atomic E-state index is 12.4. The van der Waals surface area contributed by atoms with E-state index < -0.39 is 10.0 Å². The van der Waals surface area contributed by atoms with Gasteiger partial charge in [-0.1, -0.05) is 6.92 Å². The summed E-state index contributed by atoms with van der Waals surface area (Å²) in [5.74, 6) is -0.208. The lowest BCUT2D eigenvalue weighted by atomic mass is 10.3. The Bertz CT molecular complexity index is 785. The number of nitrogens with one attached hydrogen (secondary N) is 3. The number of carbonyl (C=O) groups excluding carboxylic acids is 1. The number of carbonyl (C=O) groups is 1. The van der Waals surface area contributed by atoms with Gasteiger partial charge < -0.3 is 10.6 Å². The van der Waals surface area contributed by atoms with Gasteiger partial charge in [0.1, 0.15) is 0 Å². The molecule has 0 spiro atoms. The molecule has 2 rings (SSSR count). The largest absolute Gasteiger partial charge is 0.385 e. The first-order valence-corrected chi connectivity index (χ1v) is 9.13. The third-order valence-electron chi connectivity index (χ3n) is 3.20. The monoisotopic (exact) mass is 347 g/mol. The molecule has 0 atom stereocenters. The molecule has 0 aliphatic heterocycles. The highest BCUT2D eigenvalue weighted by Crippen LogP contribution is 2.20. The molecule has 6 nitrogen and oxygen atoms in total. The van der Waals surface area contributed by atoms with E-state index in [1.165, 1.54) is 19.1 Å². The summed E-state index contributed by atoms with van der Waals surface area (Å²) >= 11 is 0. The fraction of sp³-hybridized carbons (Fsp3) is 0.235. The predicted molar refractivity (Wildman–Crippen MR) is 96.8 cm³/mol. The molecule has 0 saturated carbocycles. The summed E-state index contributed by atoms with van der Waals surface area (Å²) in [7, 11) is -3.67. The summed E-state index contributed by atoms with van der Waals surface area (Å²) in [6.07, 6.45) is 1.02. The van der Waals surface area contributed by atoms with E-state index in [0.29, 0.717) is 11.4 Å². The number of benzene rings is 2. The fourth-order valence-electron chi connectivity index (χ4n) is 2.06. The fourth-order valence-corrected chi connectivity index (χ4v) is 3.12. The standard InChI is InChI=1S/C17H21N3O3S/c1-3-12-18-14-4-6-16(7-5-14)20-24(22,23)17-10-8-15(9-11-17)19-13(2)21/h4-11,18,20H,3,12H2,1-2H3,(H,19,21). The number of hydrogen-bond acceptors (Lipinski definition) is 4. The lowest BCUT2D eigenvalue weighted by Gasteiger charge is -2.10. The lowest BCUT2D eigenvalue weighted by Crippen LogP contribution is -2.13. The van der Waals surface area contributed by atoms with Crippen molar-refractivity contribution in [2.45, 2.75) is 25.2 Å². The van der Waals surface area contributed by atoms with Gasteiger partial charge in [0.15, 0.2) is 0 Å². The molecule has 0 aliphatic carbocycles. The van der Waals surface area contributed by atoms with Crippen molar-refractivity contribution in [3.05, 3.63) is 48.5 Å². The zero-order valence-corrected chi connectivity index (χ0v) is 14.5. The molecule has 24 heavy (non-hydrogen) atoms. The smallest absolute Gasteiger partial charge is 0.261 e. The molecular formula is C17H21N3O3S. The van der Waals surface area contributed by atoms with Gasteiger partial charge in [-0.05, 0) is 55.0 Å². The summed E-state index contributed by atoms with van der Waals surface area (Å²) in [4.78, 5) is 11.1. The van der Waals surface area contributed by atoms with E-state index in [9.17, 15) is 13.2 Å². The highest BCUT2D eigenvalue weighted by atomic mass is 32.2. The summed E-state index contributed by atoms with van der Waals surface area (Å²) in [5, 5.41) is 5.82. The molecule has 128 valence electrons. The van der Waals surface area contributed by atoms with Gasteiger partial charge in [0.05, 0.1) is 4.90 Å². The van der Waals surface area contributed by atoms with Crippen LogP contribution in [-0.2, 0) is 14.8 Å². The Balaban J connectivity index is 2.08. The van der Waals surface area contributed by atoms with Crippen LogP contribution in [0.2, 0.25) is 0 Å². The van der Waals surface area contributed by atoms with Gasteiger partial charge in [0.25, 0.3) is 10.0 Å². The molecule has 1 amide bonds. The Hall–Kier alpha value is -2.54. The van der Waals surface area contributed by atoms with E-state index in [1.807, 2.05) is 12.1 Å². The third-order valence-corrected chi connectivity index (χ3v) is 4.60. The first-order valence-electron chi connectivity index (χ1n) is 7.65. The number of sulfonamides is 1. The molecule has 0 unspecified atom stereocenters. The van der Waals surface area contributed by atoms with Crippen LogP contribution in [0, 0.1) is 0 Å². The van der Waals surface area contributed by atoms with Crippen molar-refractivity contribution in [1.29, 1.82) is 0 Å². The molecule has 0 saturated heterocycles. The number of anilines is 3. The van der Waals surface area contributed by atoms with Gasteiger partial charge in [-0.25, -0.2) is 8.42 Å². The van der Waals surface area contributed by atoms with Crippen molar-refractivity contribution in [2.24, 2.45) is 0 Å². The quantitative estimate of drug-likeness (QED) is 0.717. The number of hydrogen-bond donors (Lipinski definition) is 3. The van der Waals surface area contributed by atoms with Crippen LogP contribution >= 0.6 is 0 Å². The predicted octanol–water partition coefficient (Wildman–Crippen LogP) is 3.27. The van der Waals surface area contributed by atoms with Gasteiger partial charge in [0, 0.05) is 30.5 Å². The van der Waals surface area contributed by atoms with Crippen LogP contribution < -0.4 is 15.4 Å². The first-order chi connectivity index (χ1) is 11.4. The van der Waals surface area contributed by atoms with Crippen LogP contribution in [0.4, 0.5) is 17.1 Å². The third kappa shape index (κ3) is 4.99. The second kappa shape index (κ2) is 7.83. The van der Waals surface area contributed by atoms with Crippen LogP contribution in [-0.4, -0.2) is 20.9 Å². The van der Waals surface area contributed by atoms with E-state index in [0.717, 1.165) is 18.7 Å². The number of rotatable bonds is 7. The first kappa shape index (κ1) is 17.8. The minimum absolute atomic E-state index is 0.129. The SMILES string of the molecule is CCCNc1ccc(NS(=O)(=O)c2ccc(NC(C)=O)cc2)cc1. The molecule has 0 aliphatic rings. The Morgan fingerprint density at radius 3 is 2.00 bits per heavy atom. The van der Waals surface area contributed by atoms with Crippen molar-refractivity contribution >= 4 is 33.0 Å². The van der Waals surface area contributed by atoms with Crippen molar-refractivity contribution in [1.82, 2.24) is 0 Å². The van der Waals surface area contributed by atoms with Crippen molar-refractivity contribution in [2.75, 3.05) is 21.9 Å². The normalized spacial score (nSPS) is 10.9. The number of amides is 1. The summed E-state index contributed by atoms with van der Waals surface area (Å²) in [6.45, 7) is 4.34. The highest BCUT2D eigenvalue weighted by molar-refractivity contribution is 7.92. The van der Waals surface area contributed by atoms with Crippen LogP contribution in [0.25, 0.3) is 0 Å². The minimum atomic E-state index is -3.67. The average molecular weight is 347 g/mol. The Morgan fingerprint density at radius 2 is 1.46 bits per heavy atom. The van der Waals surface area contributed by atoms with Gasteiger partial charge in [-0.2, -0.15) is 0 Å². The molecule has 0 radical (unpaired) electrons. The summed E-state index contributed by atoms with van der Waals surface area (Å²) < 4.78 is 27.3. The molecule has 2 aromatic rings. The average Bonchev–Trinajstić information content (AvgIpc) is 2.54. The van der Waals surface area contributed by atoms with E-state index in [-0.39, 0.29) is 10.8 Å². The lowest BCUT2D eigenvalue weighted by molar-refractivity contribution is -0.114. The van der Waals surface area contributed by atoms with Gasteiger partial charge in [-0.15, -0.1) is 0 Å². The summed E-state index contributed by atoms with van der Waals surface area (Å²) in [5.41, 5.74) is 1.98. The molecule has 3 N–H and O–H groups in total. The molecule has 2 aromatic carbocycles. The second-order valence-corrected chi connectivity index (χ2v) is 7.00. The van der Waals surface area contributed by atoms with Gasteiger partial charge in [-0.3, -0.25) is 9.52 Å². The Labute approximate surface area is 142 Å². The zero-order valence-electron chi connectivity index (χ0n) is 13.7. The van der Waals surface area contributed by atoms with Crippen LogP contribution in [0.3, 0.4) is 0 Å². The van der Waals surface area contributed by atoms with E-state index in [1.54, 1.807) is 24.3 Å². The molecule has 7 heteroatoms. The van der Waals surface area contributed by atoms with Crippen LogP contribution in [0.5, 0.6) is 0 Å². The molecule has 0 heterocycles. The van der Waals surface area contributed by atoms with Crippen LogP contribution in [0.1, 0.15) is 20.3 Å². The molecular weight excluding hydrogens is 326 g/mol. The topological polar surface area (TPSA) is 87.3 Å². The van der Waals surface area contributed by atoms with E-state index in [2.05, 4.69) is 22.3 Å². The summed E-state index contributed by atoms with van der Waals surface area (Å²) in [6, 6.07) is 13.1. The second-order valence-electron chi connectivity index (χ2n) is 5.32. The molecule has 0 fully saturated rings. The van der Waals surface area contributed by atoms with Gasteiger partial charge >= 0.3 is 0 Å².